The van der Waals surface area contributed by atoms with E-state index in [-0.39, 0.29) is 0 Å². The fourth-order valence-electron chi connectivity index (χ4n) is 2.97. The number of para-hydroxylation sites is 1. The van der Waals surface area contributed by atoms with Crippen molar-refractivity contribution in [1.29, 1.82) is 0 Å². The molecule has 2 aromatic rings. The van der Waals surface area contributed by atoms with Gasteiger partial charge in [0.2, 0.25) is 0 Å². The molecule has 0 aliphatic carbocycles. The molecule has 0 radical (unpaired) electrons. The number of hydrogen-bond acceptors (Lipinski definition) is 4. The van der Waals surface area contributed by atoms with Crippen LogP contribution < -0.4 is 5.32 Å². The number of likely N-dealkylation sites (tertiary alicyclic amines) is 1. The zero-order valence-corrected chi connectivity index (χ0v) is 12.6. The Kier molecular flexibility index (Phi) is 4.62. The zero-order chi connectivity index (χ0) is 14.5. The lowest BCUT2D eigenvalue weighted by molar-refractivity contribution is 0.259. The summed E-state index contributed by atoms with van der Waals surface area (Å²) in [5, 5.41) is 12.4. The van der Waals surface area contributed by atoms with Crippen molar-refractivity contribution in [3.63, 3.8) is 0 Å². The molecule has 1 saturated heterocycles. The lowest BCUT2D eigenvalue weighted by Crippen LogP contribution is -2.37. The molecule has 0 spiro atoms. The van der Waals surface area contributed by atoms with E-state index in [2.05, 4.69) is 27.3 Å². The van der Waals surface area contributed by atoms with E-state index in [0.29, 0.717) is 6.04 Å². The predicted octanol–water partition coefficient (Wildman–Crippen LogP) is 1.84. The molecule has 1 N–H and O–H groups in total. The van der Waals surface area contributed by atoms with Crippen LogP contribution in [-0.4, -0.2) is 45.6 Å². The van der Waals surface area contributed by atoms with E-state index in [9.17, 15) is 0 Å². The second kappa shape index (κ2) is 6.83. The number of nitrogens with zero attached hydrogens (tertiary/aromatic N) is 4. The Hall–Kier alpha value is -1.72. The first-order chi connectivity index (χ1) is 10.4. The molecule has 1 fully saturated rings. The maximum absolute atomic E-state index is 4.51. The maximum Gasteiger partial charge on any atom is 0.0969 e. The second-order valence-corrected chi connectivity index (χ2v) is 5.52. The van der Waals surface area contributed by atoms with Crippen LogP contribution in [0, 0.1) is 0 Å². The van der Waals surface area contributed by atoms with Gasteiger partial charge in [0, 0.05) is 19.1 Å². The Bertz CT molecular complexity index is 551. The van der Waals surface area contributed by atoms with Crippen LogP contribution in [0.15, 0.2) is 36.5 Å². The number of nitrogens with one attached hydrogen (secondary N) is 1. The van der Waals surface area contributed by atoms with Crippen LogP contribution in [0.4, 0.5) is 0 Å². The summed E-state index contributed by atoms with van der Waals surface area (Å²) in [6.45, 7) is 6.44. The number of rotatable bonds is 6. The van der Waals surface area contributed by atoms with Gasteiger partial charge in [-0.1, -0.05) is 25.1 Å². The first-order valence-electron chi connectivity index (χ1n) is 7.78. The monoisotopic (exact) mass is 285 g/mol. The second-order valence-electron chi connectivity index (χ2n) is 5.52. The summed E-state index contributed by atoms with van der Waals surface area (Å²) in [5.74, 6) is 0. The van der Waals surface area contributed by atoms with Crippen LogP contribution in [0.2, 0.25) is 0 Å². The van der Waals surface area contributed by atoms with Crippen LogP contribution in [0.3, 0.4) is 0 Å². The first-order valence-corrected chi connectivity index (χ1v) is 7.78. The molecule has 1 aliphatic rings. The van der Waals surface area contributed by atoms with Crippen molar-refractivity contribution in [2.45, 2.75) is 32.4 Å². The molecular formula is C16H23N5. The molecule has 3 rings (SSSR count). The SMILES string of the molecule is CCN1CCCC1CNCc1cnn(-c2ccccc2)n1. The molecule has 0 saturated carbocycles. The number of hydrogen-bond donors (Lipinski definition) is 1. The van der Waals surface area contributed by atoms with Crippen molar-refractivity contribution in [2.24, 2.45) is 0 Å². The van der Waals surface area contributed by atoms with Crippen molar-refractivity contribution >= 4 is 0 Å². The summed E-state index contributed by atoms with van der Waals surface area (Å²) >= 11 is 0. The highest BCUT2D eigenvalue weighted by Crippen LogP contribution is 2.15. The van der Waals surface area contributed by atoms with Crippen LogP contribution in [-0.2, 0) is 6.54 Å². The lowest BCUT2D eigenvalue weighted by atomic mass is 10.2. The van der Waals surface area contributed by atoms with Gasteiger partial charge >= 0.3 is 0 Å². The molecule has 112 valence electrons. The third-order valence-electron chi connectivity index (χ3n) is 4.12. The minimum absolute atomic E-state index is 0.680. The topological polar surface area (TPSA) is 46.0 Å². The van der Waals surface area contributed by atoms with Crippen LogP contribution in [0.5, 0.6) is 0 Å². The van der Waals surface area contributed by atoms with Crippen molar-refractivity contribution < 1.29 is 0 Å². The number of aromatic nitrogens is 3. The van der Waals surface area contributed by atoms with Crippen LogP contribution >= 0.6 is 0 Å². The van der Waals surface area contributed by atoms with Gasteiger partial charge in [-0.15, -0.1) is 0 Å². The number of likely N-dealkylation sites (N-methyl/N-ethyl adjacent to an activating group) is 1. The summed E-state index contributed by atoms with van der Waals surface area (Å²) in [5.41, 5.74) is 1.98. The molecule has 1 aliphatic heterocycles. The Morgan fingerprint density at radius 2 is 2.14 bits per heavy atom. The molecule has 5 nitrogen and oxygen atoms in total. The third kappa shape index (κ3) is 3.49. The molecule has 2 heterocycles. The van der Waals surface area contributed by atoms with E-state index in [1.165, 1.54) is 19.4 Å². The summed E-state index contributed by atoms with van der Waals surface area (Å²) in [6, 6.07) is 10.7. The van der Waals surface area contributed by atoms with Gasteiger partial charge in [-0.3, -0.25) is 4.90 Å². The standard InChI is InChI=1S/C16H23N5/c1-2-20-10-6-9-16(20)13-17-11-14-12-18-21(19-14)15-7-4-3-5-8-15/h3-5,7-8,12,16-17H,2,6,9-11,13H2,1H3. The van der Waals surface area contributed by atoms with Gasteiger partial charge in [0.25, 0.3) is 0 Å². The van der Waals surface area contributed by atoms with Gasteiger partial charge in [-0.2, -0.15) is 15.0 Å². The third-order valence-corrected chi connectivity index (χ3v) is 4.12. The van der Waals surface area contributed by atoms with E-state index in [1.54, 1.807) is 4.80 Å². The lowest BCUT2D eigenvalue weighted by Gasteiger charge is -2.22. The highest BCUT2D eigenvalue weighted by atomic mass is 15.5. The zero-order valence-electron chi connectivity index (χ0n) is 12.6. The largest absolute Gasteiger partial charge is 0.309 e. The first kappa shape index (κ1) is 14.2. The van der Waals surface area contributed by atoms with Gasteiger partial charge in [0.05, 0.1) is 17.6 Å². The Morgan fingerprint density at radius 3 is 2.95 bits per heavy atom. The molecule has 1 unspecified atom stereocenters. The summed E-state index contributed by atoms with van der Waals surface area (Å²) < 4.78 is 0. The summed E-state index contributed by atoms with van der Waals surface area (Å²) in [4.78, 5) is 4.23. The Morgan fingerprint density at radius 1 is 1.29 bits per heavy atom. The molecule has 1 aromatic heterocycles. The highest BCUT2D eigenvalue weighted by Gasteiger charge is 2.22. The smallest absolute Gasteiger partial charge is 0.0969 e. The average molecular weight is 285 g/mol. The van der Waals surface area contributed by atoms with Gasteiger partial charge in [-0.05, 0) is 38.1 Å². The molecule has 1 aromatic carbocycles. The quantitative estimate of drug-likeness (QED) is 0.880. The Balaban J connectivity index is 1.51. The highest BCUT2D eigenvalue weighted by molar-refractivity contribution is 5.28. The van der Waals surface area contributed by atoms with Crippen LogP contribution in [0.1, 0.15) is 25.5 Å². The molecular weight excluding hydrogens is 262 g/mol. The molecule has 1 atom stereocenters. The van der Waals surface area contributed by atoms with Gasteiger partial charge in [0.15, 0.2) is 0 Å². The Labute approximate surface area is 126 Å². The van der Waals surface area contributed by atoms with E-state index in [0.717, 1.165) is 31.0 Å². The van der Waals surface area contributed by atoms with Gasteiger partial charge in [-0.25, -0.2) is 0 Å². The number of benzene rings is 1. The molecule has 0 amide bonds. The minimum Gasteiger partial charge on any atom is -0.309 e. The predicted molar refractivity (Wildman–Crippen MR) is 83.3 cm³/mol. The normalized spacial score (nSPS) is 19.2. The van der Waals surface area contributed by atoms with Crippen molar-refractivity contribution in [1.82, 2.24) is 25.2 Å². The van der Waals surface area contributed by atoms with Gasteiger partial charge < -0.3 is 5.32 Å². The summed E-state index contributed by atoms with van der Waals surface area (Å²) in [6.07, 6.45) is 4.47. The van der Waals surface area contributed by atoms with Gasteiger partial charge in [0.1, 0.15) is 0 Å². The molecule has 5 heteroatoms. The minimum atomic E-state index is 0.680. The maximum atomic E-state index is 4.51. The van der Waals surface area contributed by atoms with Crippen LogP contribution in [0.25, 0.3) is 5.69 Å². The van der Waals surface area contributed by atoms with Crippen molar-refractivity contribution in [3.05, 3.63) is 42.2 Å². The fraction of sp³-hybridized carbons (Fsp3) is 0.500. The van der Waals surface area contributed by atoms with Crippen molar-refractivity contribution in [3.8, 4) is 5.69 Å². The van der Waals surface area contributed by atoms with E-state index < -0.39 is 0 Å². The fourth-order valence-corrected chi connectivity index (χ4v) is 2.97. The van der Waals surface area contributed by atoms with E-state index >= 15 is 0 Å². The summed E-state index contributed by atoms with van der Waals surface area (Å²) in [7, 11) is 0. The van der Waals surface area contributed by atoms with E-state index in [4.69, 9.17) is 0 Å². The van der Waals surface area contributed by atoms with Crippen molar-refractivity contribution in [2.75, 3.05) is 19.6 Å². The molecule has 0 bridgehead atoms. The molecule has 21 heavy (non-hydrogen) atoms. The average Bonchev–Trinajstić information content (AvgIpc) is 3.17. The van der Waals surface area contributed by atoms with E-state index in [1.807, 2.05) is 36.5 Å².